The molecule has 4 heavy (non-hydrogen) atoms. The Hall–Kier alpha value is 0.390. The molecule has 1 radical (unpaired) electrons. The van der Waals surface area contributed by atoms with Crippen molar-refractivity contribution in [2.75, 3.05) is 13.3 Å². The van der Waals surface area contributed by atoms with E-state index in [0.29, 0.717) is 0 Å². The summed E-state index contributed by atoms with van der Waals surface area (Å²) >= 11 is 0. The van der Waals surface area contributed by atoms with E-state index in [2.05, 4.69) is 13.3 Å². The molecule has 0 aromatic heterocycles. The number of rotatable bonds is 0. The van der Waals surface area contributed by atoms with Gasteiger partial charge in [0.15, 0.2) is 0 Å². The van der Waals surface area contributed by atoms with E-state index in [9.17, 15) is 0 Å². The minimum absolute atomic E-state index is 0. The Kier molecular flexibility index (Phi) is 22.1. The smallest absolute Gasteiger partial charge is 0.0408 e. The minimum Gasteiger partial charge on any atom is -0.412 e. The zero-order valence-corrected chi connectivity index (χ0v) is 3.84. The van der Waals surface area contributed by atoms with Crippen LogP contribution in [0.5, 0.6) is 0 Å². The molecule has 0 atom stereocenters. The predicted octanol–water partition coefficient (Wildman–Crippen LogP) is 0.367. The molecule has 0 spiro atoms. The molecule has 0 saturated carbocycles. The second kappa shape index (κ2) is 10.0. The second-order valence-electron chi connectivity index (χ2n) is 0.447. The number of hydrogen-bond acceptors (Lipinski definition) is 0. The first kappa shape index (κ1) is 8.83. The largest absolute Gasteiger partial charge is 0.412 e. The summed E-state index contributed by atoms with van der Waals surface area (Å²) in [6.07, 6.45) is 0. The Morgan fingerprint density at radius 1 is 1.25 bits per heavy atom. The highest BCUT2D eigenvalue weighted by Crippen LogP contribution is 1.84. The first-order valence-corrected chi connectivity index (χ1v) is 2.68. The lowest BCUT2D eigenvalue weighted by Gasteiger charge is -1.48. The van der Waals surface area contributed by atoms with E-state index in [0.717, 1.165) is 0 Å². The molecule has 27 valence electrons. The van der Waals surface area contributed by atoms with Gasteiger partial charge in [-0.3, -0.25) is 0 Å². The highest BCUT2D eigenvalue weighted by atomic mass is 31.1. The summed E-state index contributed by atoms with van der Waals surface area (Å²) in [5, 5.41) is 0. The highest BCUT2D eigenvalue weighted by Gasteiger charge is 1.35. The van der Waals surface area contributed by atoms with Gasteiger partial charge in [-0.1, -0.05) is 8.58 Å². The Balaban J connectivity index is 0. The molecule has 2 N–H and O–H groups in total. The van der Waals surface area contributed by atoms with Crippen LogP contribution in [0, 0.1) is 0 Å². The summed E-state index contributed by atoms with van der Waals surface area (Å²) in [4.78, 5) is 0. The monoisotopic (exact) mass is 79.0 g/mol. The third-order valence-corrected chi connectivity index (χ3v) is 0. The van der Waals surface area contributed by atoms with Crippen molar-refractivity contribution < 1.29 is 5.48 Å². The molecule has 0 unspecified atom stereocenters. The molecule has 0 rings (SSSR count). The van der Waals surface area contributed by atoms with Gasteiger partial charge in [0.1, 0.15) is 0 Å². The van der Waals surface area contributed by atoms with Crippen molar-refractivity contribution in [1.29, 1.82) is 0 Å². The van der Waals surface area contributed by atoms with Crippen LogP contribution in [-0.4, -0.2) is 18.8 Å². The zero-order chi connectivity index (χ0) is 2.71. The maximum Gasteiger partial charge on any atom is -0.0408 e. The summed E-state index contributed by atoms with van der Waals surface area (Å²) in [5.74, 6) is 0. The molecule has 0 amide bonds. The van der Waals surface area contributed by atoms with Crippen molar-refractivity contribution in [3.05, 3.63) is 0 Å². The second-order valence-corrected chi connectivity index (χ2v) is 1.34. The van der Waals surface area contributed by atoms with E-state index in [1.807, 2.05) is 0 Å². The van der Waals surface area contributed by atoms with Crippen LogP contribution in [0.1, 0.15) is 0 Å². The molecule has 2 heteroatoms. The Bertz CT molecular complexity index is 6.00. The van der Waals surface area contributed by atoms with E-state index in [1.54, 1.807) is 0 Å². The standard InChI is InChI=1S/C2H6P.H2O/c1-3-2;/h1-2H3;1H2. The van der Waals surface area contributed by atoms with Crippen LogP contribution in [-0.2, 0) is 0 Å². The van der Waals surface area contributed by atoms with Crippen molar-refractivity contribution in [2.24, 2.45) is 0 Å². The Labute approximate surface area is 28.5 Å². The molecule has 0 fully saturated rings. The average molecular weight is 79.1 g/mol. The van der Waals surface area contributed by atoms with Crippen LogP contribution < -0.4 is 0 Å². The van der Waals surface area contributed by atoms with E-state index >= 15 is 0 Å². The highest BCUT2D eigenvalue weighted by molar-refractivity contribution is 7.35. The van der Waals surface area contributed by atoms with Gasteiger partial charge in [0.05, 0.1) is 0 Å². The minimum atomic E-state index is 0. The van der Waals surface area contributed by atoms with Crippen LogP contribution in [0.15, 0.2) is 0 Å². The van der Waals surface area contributed by atoms with Crippen molar-refractivity contribution in [1.82, 2.24) is 0 Å². The van der Waals surface area contributed by atoms with Crippen molar-refractivity contribution in [3.8, 4) is 0 Å². The van der Waals surface area contributed by atoms with E-state index < -0.39 is 0 Å². The molecule has 0 aliphatic carbocycles. The molecule has 1 nitrogen and oxygen atoms in total. The lowest BCUT2D eigenvalue weighted by atomic mass is 11.9. The van der Waals surface area contributed by atoms with Gasteiger partial charge in [-0.2, -0.15) is 0 Å². The van der Waals surface area contributed by atoms with Gasteiger partial charge in [-0.15, -0.1) is 0 Å². The molecule has 0 heterocycles. The van der Waals surface area contributed by atoms with Crippen LogP contribution in [0.3, 0.4) is 0 Å². The Morgan fingerprint density at radius 2 is 1.25 bits per heavy atom. The van der Waals surface area contributed by atoms with E-state index in [-0.39, 0.29) is 5.48 Å². The van der Waals surface area contributed by atoms with Crippen molar-refractivity contribution in [2.45, 2.75) is 0 Å². The molecular formula is C2H8OP. The fraction of sp³-hybridized carbons (Fsp3) is 1.00. The summed E-state index contributed by atoms with van der Waals surface area (Å²) in [6, 6.07) is 0. The molecule has 0 aromatic carbocycles. The first-order chi connectivity index (χ1) is 1.41. The lowest BCUT2D eigenvalue weighted by Crippen LogP contribution is -1.18. The van der Waals surface area contributed by atoms with Gasteiger partial charge < -0.3 is 5.48 Å². The lowest BCUT2D eigenvalue weighted by molar-refractivity contribution is 0.824. The zero-order valence-electron chi connectivity index (χ0n) is 2.95. The van der Waals surface area contributed by atoms with Crippen molar-refractivity contribution >= 4 is 8.58 Å². The van der Waals surface area contributed by atoms with Crippen molar-refractivity contribution in [3.63, 3.8) is 0 Å². The molecule has 0 aromatic rings. The first-order valence-electron chi connectivity index (χ1n) is 0.894. The summed E-state index contributed by atoms with van der Waals surface area (Å²) in [7, 11) is 1.42. The third kappa shape index (κ3) is 30.4. The van der Waals surface area contributed by atoms with E-state index in [4.69, 9.17) is 0 Å². The fourth-order valence-electron chi connectivity index (χ4n) is 0. The Morgan fingerprint density at radius 3 is 1.25 bits per heavy atom. The van der Waals surface area contributed by atoms with Gasteiger partial charge in [-0.05, 0) is 13.3 Å². The summed E-state index contributed by atoms with van der Waals surface area (Å²) in [6.45, 7) is 4.19. The van der Waals surface area contributed by atoms with Crippen LogP contribution in [0.4, 0.5) is 0 Å². The quantitative estimate of drug-likeness (QED) is 0.375. The summed E-state index contributed by atoms with van der Waals surface area (Å²) in [5.41, 5.74) is 0. The third-order valence-electron chi connectivity index (χ3n) is 0. The van der Waals surface area contributed by atoms with Crippen LogP contribution >= 0.6 is 8.58 Å². The van der Waals surface area contributed by atoms with Crippen LogP contribution in [0.25, 0.3) is 0 Å². The molecule has 0 saturated heterocycles. The molecule has 0 aliphatic heterocycles. The fourth-order valence-corrected chi connectivity index (χ4v) is 0. The maximum atomic E-state index is 2.10. The van der Waals surface area contributed by atoms with Gasteiger partial charge in [-0.25, -0.2) is 0 Å². The van der Waals surface area contributed by atoms with Crippen LogP contribution in [0.2, 0.25) is 0 Å². The van der Waals surface area contributed by atoms with Gasteiger partial charge >= 0.3 is 0 Å². The normalized spacial score (nSPS) is 4.50. The van der Waals surface area contributed by atoms with Gasteiger partial charge in [0.2, 0.25) is 0 Å². The average Bonchev–Trinajstić information content (AvgIpc) is 0.918. The topological polar surface area (TPSA) is 31.5 Å². The number of hydrogen-bond donors (Lipinski definition) is 0. The SMILES string of the molecule is C[P]C.O. The predicted molar refractivity (Wildman–Crippen MR) is 22.4 cm³/mol. The van der Waals surface area contributed by atoms with E-state index in [1.165, 1.54) is 8.58 Å². The summed E-state index contributed by atoms with van der Waals surface area (Å²) < 4.78 is 0. The van der Waals surface area contributed by atoms with Gasteiger partial charge in [0.25, 0.3) is 0 Å². The molecular weight excluding hydrogens is 71.0 g/mol. The maximum absolute atomic E-state index is 2.10. The molecule has 0 aliphatic rings. The van der Waals surface area contributed by atoms with Gasteiger partial charge in [0, 0.05) is 0 Å². The molecule has 0 bridgehead atoms.